The van der Waals surface area contributed by atoms with Gasteiger partial charge in [-0.1, -0.05) is 6.92 Å². The Balaban J connectivity index is 1.85. The fraction of sp³-hybridized carbons (Fsp3) is 0.923. The monoisotopic (exact) mass is 240 g/mol. The van der Waals surface area contributed by atoms with E-state index in [0.29, 0.717) is 5.92 Å². The summed E-state index contributed by atoms with van der Waals surface area (Å²) in [5, 5.41) is 9.32. The molecular formula is C13H24N2O2. The van der Waals surface area contributed by atoms with Crippen LogP contribution >= 0.6 is 0 Å². The van der Waals surface area contributed by atoms with E-state index >= 15 is 0 Å². The Bertz CT molecular complexity index is 264. The second-order valence-corrected chi connectivity index (χ2v) is 5.49. The molecule has 0 amide bonds. The minimum atomic E-state index is -0.640. The standard InChI is InChI=1S/C13H24N2O2/c1-11-5-4-8-15(12(11)13(16)17)10-9-14-6-2-3-7-14/h11-12H,2-10H2,1H3,(H,16,17). The molecule has 0 aliphatic carbocycles. The van der Waals surface area contributed by atoms with E-state index < -0.39 is 5.97 Å². The van der Waals surface area contributed by atoms with Gasteiger partial charge in [-0.15, -0.1) is 0 Å². The van der Waals surface area contributed by atoms with E-state index in [-0.39, 0.29) is 6.04 Å². The third-order valence-electron chi connectivity index (χ3n) is 4.19. The van der Waals surface area contributed by atoms with Gasteiger partial charge in [0, 0.05) is 13.1 Å². The highest BCUT2D eigenvalue weighted by Gasteiger charge is 2.34. The first-order chi connectivity index (χ1) is 8.18. The van der Waals surface area contributed by atoms with Crippen molar-refractivity contribution in [3.63, 3.8) is 0 Å². The van der Waals surface area contributed by atoms with Gasteiger partial charge in [-0.2, -0.15) is 0 Å². The van der Waals surface area contributed by atoms with Crippen molar-refractivity contribution in [2.75, 3.05) is 32.7 Å². The van der Waals surface area contributed by atoms with Crippen LogP contribution in [0.15, 0.2) is 0 Å². The number of aliphatic carboxylic acids is 1. The Labute approximate surface area is 104 Å². The normalized spacial score (nSPS) is 31.8. The van der Waals surface area contributed by atoms with Gasteiger partial charge in [-0.25, -0.2) is 0 Å². The van der Waals surface area contributed by atoms with Crippen molar-refractivity contribution in [1.82, 2.24) is 9.80 Å². The average Bonchev–Trinajstić information content (AvgIpc) is 2.78. The number of carboxylic acids is 1. The summed E-state index contributed by atoms with van der Waals surface area (Å²) in [5.74, 6) is -0.349. The molecule has 2 fully saturated rings. The summed E-state index contributed by atoms with van der Waals surface area (Å²) in [6.07, 6.45) is 4.81. The van der Waals surface area contributed by atoms with Gasteiger partial charge in [0.05, 0.1) is 0 Å². The van der Waals surface area contributed by atoms with Crippen molar-refractivity contribution in [2.24, 2.45) is 5.92 Å². The molecule has 2 saturated heterocycles. The molecule has 2 atom stereocenters. The Kier molecular flexibility index (Phi) is 4.40. The van der Waals surface area contributed by atoms with Crippen LogP contribution in [-0.2, 0) is 4.79 Å². The molecule has 4 heteroatoms. The van der Waals surface area contributed by atoms with E-state index in [1.165, 1.54) is 25.9 Å². The smallest absolute Gasteiger partial charge is 0.321 e. The molecule has 0 spiro atoms. The zero-order valence-corrected chi connectivity index (χ0v) is 10.8. The number of carbonyl (C=O) groups is 1. The van der Waals surface area contributed by atoms with Crippen molar-refractivity contribution in [1.29, 1.82) is 0 Å². The van der Waals surface area contributed by atoms with E-state index in [0.717, 1.165) is 32.5 Å². The van der Waals surface area contributed by atoms with Gasteiger partial charge in [0.15, 0.2) is 0 Å². The molecule has 2 rings (SSSR count). The fourth-order valence-corrected chi connectivity index (χ4v) is 3.20. The molecule has 4 nitrogen and oxygen atoms in total. The topological polar surface area (TPSA) is 43.8 Å². The molecule has 0 saturated carbocycles. The van der Waals surface area contributed by atoms with E-state index in [4.69, 9.17) is 0 Å². The fourth-order valence-electron chi connectivity index (χ4n) is 3.20. The highest BCUT2D eigenvalue weighted by Crippen LogP contribution is 2.23. The molecule has 98 valence electrons. The van der Waals surface area contributed by atoms with E-state index in [1.807, 2.05) is 0 Å². The molecular weight excluding hydrogens is 216 g/mol. The van der Waals surface area contributed by atoms with Crippen LogP contribution in [0, 0.1) is 5.92 Å². The lowest BCUT2D eigenvalue weighted by Crippen LogP contribution is -2.51. The van der Waals surface area contributed by atoms with Gasteiger partial charge in [-0.05, 0) is 51.2 Å². The Morgan fingerprint density at radius 1 is 1.18 bits per heavy atom. The maximum Gasteiger partial charge on any atom is 0.321 e. The molecule has 0 radical (unpaired) electrons. The Morgan fingerprint density at radius 2 is 1.88 bits per heavy atom. The van der Waals surface area contributed by atoms with Crippen molar-refractivity contribution < 1.29 is 9.90 Å². The molecule has 2 aliphatic heterocycles. The zero-order chi connectivity index (χ0) is 12.3. The van der Waals surface area contributed by atoms with Crippen LogP contribution in [0.2, 0.25) is 0 Å². The maximum absolute atomic E-state index is 11.3. The molecule has 1 N–H and O–H groups in total. The molecule has 0 aromatic carbocycles. The number of nitrogens with zero attached hydrogens (tertiary/aromatic N) is 2. The molecule has 2 unspecified atom stereocenters. The number of hydrogen-bond donors (Lipinski definition) is 1. The lowest BCUT2D eigenvalue weighted by Gasteiger charge is -2.38. The molecule has 2 heterocycles. The van der Waals surface area contributed by atoms with Crippen molar-refractivity contribution in [3.8, 4) is 0 Å². The highest BCUT2D eigenvalue weighted by atomic mass is 16.4. The minimum Gasteiger partial charge on any atom is -0.480 e. The second-order valence-electron chi connectivity index (χ2n) is 5.49. The number of carboxylic acid groups (broad SMARTS) is 1. The number of hydrogen-bond acceptors (Lipinski definition) is 3. The van der Waals surface area contributed by atoms with Crippen LogP contribution in [-0.4, -0.2) is 59.6 Å². The first-order valence-electron chi connectivity index (χ1n) is 6.87. The lowest BCUT2D eigenvalue weighted by atomic mass is 9.91. The zero-order valence-electron chi connectivity index (χ0n) is 10.8. The summed E-state index contributed by atoms with van der Waals surface area (Å²) in [5.41, 5.74) is 0. The minimum absolute atomic E-state index is 0.258. The van der Waals surface area contributed by atoms with Crippen LogP contribution < -0.4 is 0 Å². The highest BCUT2D eigenvalue weighted by molar-refractivity contribution is 5.74. The average molecular weight is 240 g/mol. The van der Waals surface area contributed by atoms with Crippen LogP contribution in [0.3, 0.4) is 0 Å². The van der Waals surface area contributed by atoms with Gasteiger partial charge < -0.3 is 10.0 Å². The van der Waals surface area contributed by atoms with Gasteiger partial charge in [-0.3, -0.25) is 9.69 Å². The molecule has 0 aromatic rings. The third-order valence-corrected chi connectivity index (χ3v) is 4.19. The van der Waals surface area contributed by atoms with E-state index in [9.17, 15) is 9.90 Å². The van der Waals surface area contributed by atoms with Crippen LogP contribution in [0.1, 0.15) is 32.6 Å². The maximum atomic E-state index is 11.3. The van der Waals surface area contributed by atoms with E-state index in [2.05, 4.69) is 16.7 Å². The van der Waals surface area contributed by atoms with Crippen LogP contribution in [0.4, 0.5) is 0 Å². The van der Waals surface area contributed by atoms with Crippen molar-refractivity contribution >= 4 is 5.97 Å². The molecule has 0 aromatic heterocycles. The van der Waals surface area contributed by atoms with Crippen LogP contribution in [0.25, 0.3) is 0 Å². The summed E-state index contributed by atoms with van der Waals surface area (Å²) < 4.78 is 0. The van der Waals surface area contributed by atoms with Crippen molar-refractivity contribution in [2.45, 2.75) is 38.6 Å². The van der Waals surface area contributed by atoms with Crippen molar-refractivity contribution in [3.05, 3.63) is 0 Å². The third kappa shape index (κ3) is 3.19. The SMILES string of the molecule is CC1CCCN(CCN2CCCC2)C1C(=O)O. The van der Waals surface area contributed by atoms with Gasteiger partial charge in [0.25, 0.3) is 0 Å². The van der Waals surface area contributed by atoms with Gasteiger partial charge in [0.2, 0.25) is 0 Å². The van der Waals surface area contributed by atoms with Crippen LogP contribution in [0.5, 0.6) is 0 Å². The number of rotatable bonds is 4. The lowest BCUT2D eigenvalue weighted by molar-refractivity contribution is -0.146. The summed E-state index contributed by atoms with van der Waals surface area (Å²) in [6, 6.07) is -0.258. The summed E-state index contributed by atoms with van der Waals surface area (Å²) in [7, 11) is 0. The molecule has 2 aliphatic rings. The molecule has 0 bridgehead atoms. The second kappa shape index (κ2) is 5.83. The van der Waals surface area contributed by atoms with E-state index in [1.54, 1.807) is 0 Å². The molecule has 17 heavy (non-hydrogen) atoms. The number of likely N-dealkylation sites (tertiary alicyclic amines) is 2. The summed E-state index contributed by atoms with van der Waals surface area (Å²) >= 11 is 0. The predicted octanol–water partition coefficient (Wildman–Crippen LogP) is 1.27. The Hall–Kier alpha value is -0.610. The quantitative estimate of drug-likeness (QED) is 0.803. The predicted molar refractivity (Wildman–Crippen MR) is 67.1 cm³/mol. The first kappa shape index (κ1) is 12.8. The van der Waals surface area contributed by atoms with Gasteiger partial charge >= 0.3 is 5.97 Å². The summed E-state index contributed by atoms with van der Waals surface area (Å²) in [4.78, 5) is 15.9. The van der Waals surface area contributed by atoms with Gasteiger partial charge in [0.1, 0.15) is 6.04 Å². The summed E-state index contributed by atoms with van der Waals surface area (Å²) in [6.45, 7) is 7.37. The number of piperidine rings is 1. The Morgan fingerprint density at radius 3 is 2.53 bits per heavy atom. The largest absolute Gasteiger partial charge is 0.480 e. The first-order valence-corrected chi connectivity index (χ1v) is 6.87.